The van der Waals surface area contributed by atoms with Crippen molar-refractivity contribution in [2.75, 3.05) is 20.8 Å². The smallest absolute Gasteiger partial charge is 0.305 e. The van der Waals surface area contributed by atoms with Gasteiger partial charge in [0.1, 0.15) is 22.3 Å². The van der Waals surface area contributed by atoms with Crippen molar-refractivity contribution >= 4 is 22.9 Å². The molecule has 3 rings (SSSR count). The number of halogens is 1. The first-order chi connectivity index (χ1) is 11.7. The number of benzene rings is 1. The molecular weight excluding hydrogens is 332 g/mol. The summed E-state index contributed by atoms with van der Waals surface area (Å²) < 4.78 is 18.5. The average molecular weight is 349 g/mol. The summed E-state index contributed by atoms with van der Waals surface area (Å²) in [6.45, 7) is 2.53. The SMILES string of the molecule is CCCOc1nc2ncc(Cl)nc2n1-c1c(OC)cccc1OC. The fourth-order valence-corrected chi connectivity index (χ4v) is 2.48. The topological polar surface area (TPSA) is 71.3 Å². The maximum Gasteiger partial charge on any atom is 0.305 e. The van der Waals surface area contributed by atoms with Gasteiger partial charge in [-0.25, -0.2) is 14.5 Å². The van der Waals surface area contributed by atoms with Crippen molar-refractivity contribution in [2.24, 2.45) is 0 Å². The number of rotatable bonds is 6. The normalized spacial score (nSPS) is 10.8. The first-order valence-corrected chi connectivity index (χ1v) is 7.82. The van der Waals surface area contributed by atoms with Crippen LogP contribution in [-0.4, -0.2) is 40.3 Å². The molecule has 0 bridgehead atoms. The fourth-order valence-electron chi connectivity index (χ4n) is 2.36. The van der Waals surface area contributed by atoms with E-state index in [2.05, 4.69) is 15.0 Å². The van der Waals surface area contributed by atoms with Gasteiger partial charge in [-0.05, 0) is 18.6 Å². The zero-order valence-electron chi connectivity index (χ0n) is 13.6. The van der Waals surface area contributed by atoms with Crippen LogP contribution in [0, 0.1) is 0 Å². The second-order valence-electron chi connectivity index (χ2n) is 4.93. The zero-order valence-corrected chi connectivity index (χ0v) is 14.4. The molecule has 0 unspecified atom stereocenters. The first kappa shape index (κ1) is 16.3. The minimum Gasteiger partial charge on any atom is -0.494 e. The minimum atomic E-state index is 0.263. The summed E-state index contributed by atoms with van der Waals surface area (Å²) >= 11 is 6.02. The highest BCUT2D eigenvalue weighted by molar-refractivity contribution is 6.29. The fraction of sp³-hybridized carbons (Fsp3) is 0.312. The predicted molar refractivity (Wildman–Crippen MR) is 90.6 cm³/mol. The van der Waals surface area contributed by atoms with Crippen molar-refractivity contribution in [2.45, 2.75) is 13.3 Å². The molecule has 0 aliphatic rings. The Kier molecular flexibility index (Phi) is 4.71. The quantitative estimate of drug-likeness (QED) is 0.680. The summed E-state index contributed by atoms with van der Waals surface area (Å²) in [4.78, 5) is 13.0. The van der Waals surface area contributed by atoms with Gasteiger partial charge in [-0.2, -0.15) is 4.98 Å². The average Bonchev–Trinajstić information content (AvgIpc) is 2.96. The standard InChI is InChI=1S/C16H17ClN4O3/c1-4-8-24-16-20-14-15(19-12(17)9-18-14)21(16)13-10(22-2)6-5-7-11(13)23-3/h5-7,9H,4,8H2,1-3H3. The van der Waals surface area contributed by atoms with Crippen LogP contribution in [0.5, 0.6) is 17.5 Å². The van der Waals surface area contributed by atoms with E-state index in [0.717, 1.165) is 6.42 Å². The molecule has 0 aliphatic carbocycles. The number of methoxy groups -OCH3 is 2. The molecule has 2 aromatic heterocycles. The number of hydrogen-bond acceptors (Lipinski definition) is 6. The summed E-state index contributed by atoms with van der Waals surface area (Å²) in [7, 11) is 3.17. The molecule has 0 atom stereocenters. The molecule has 0 aliphatic heterocycles. The molecule has 8 heteroatoms. The molecule has 126 valence electrons. The van der Waals surface area contributed by atoms with E-state index in [9.17, 15) is 0 Å². The summed E-state index contributed by atoms with van der Waals surface area (Å²) in [5, 5.41) is 0.263. The van der Waals surface area contributed by atoms with Gasteiger partial charge in [-0.15, -0.1) is 0 Å². The Labute approximate surface area is 144 Å². The van der Waals surface area contributed by atoms with Crippen molar-refractivity contribution in [1.82, 2.24) is 19.5 Å². The van der Waals surface area contributed by atoms with Crippen molar-refractivity contribution in [3.05, 3.63) is 29.5 Å². The molecule has 3 aromatic rings. The van der Waals surface area contributed by atoms with Gasteiger partial charge in [0.2, 0.25) is 5.65 Å². The molecule has 7 nitrogen and oxygen atoms in total. The van der Waals surface area contributed by atoms with Crippen LogP contribution in [0.4, 0.5) is 0 Å². The Morgan fingerprint density at radius 2 is 1.83 bits per heavy atom. The molecule has 0 amide bonds. The third-order valence-corrected chi connectivity index (χ3v) is 3.55. The number of para-hydroxylation sites is 1. The highest BCUT2D eigenvalue weighted by atomic mass is 35.5. The lowest BCUT2D eigenvalue weighted by Gasteiger charge is -2.15. The molecule has 0 radical (unpaired) electrons. The Balaban J connectivity index is 2.33. The number of aromatic nitrogens is 4. The molecule has 2 heterocycles. The van der Waals surface area contributed by atoms with Gasteiger partial charge in [-0.3, -0.25) is 0 Å². The predicted octanol–water partition coefficient (Wildman–Crippen LogP) is 3.27. The number of hydrogen-bond donors (Lipinski definition) is 0. The van der Waals surface area contributed by atoms with E-state index >= 15 is 0 Å². The van der Waals surface area contributed by atoms with Gasteiger partial charge in [0.05, 0.1) is 27.0 Å². The molecule has 0 spiro atoms. The highest BCUT2D eigenvalue weighted by Gasteiger charge is 2.22. The number of imidazole rings is 1. The van der Waals surface area contributed by atoms with Crippen LogP contribution in [0.15, 0.2) is 24.4 Å². The third-order valence-electron chi connectivity index (χ3n) is 3.37. The molecule has 0 saturated carbocycles. The lowest BCUT2D eigenvalue weighted by atomic mass is 10.2. The van der Waals surface area contributed by atoms with Crippen LogP contribution < -0.4 is 14.2 Å². The largest absolute Gasteiger partial charge is 0.494 e. The lowest BCUT2D eigenvalue weighted by Crippen LogP contribution is -2.07. The van der Waals surface area contributed by atoms with Crippen molar-refractivity contribution in [3.63, 3.8) is 0 Å². The molecule has 0 saturated heterocycles. The zero-order chi connectivity index (χ0) is 17.1. The van der Waals surface area contributed by atoms with E-state index in [-0.39, 0.29) is 5.15 Å². The van der Waals surface area contributed by atoms with Crippen molar-refractivity contribution < 1.29 is 14.2 Å². The summed E-state index contributed by atoms with van der Waals surface area (Å²) in [6, 6.07) is 5.85. The van der Waals surface area contributed by atoms with E-state index in [1.54, 1.807) is 18.8 Å². The van der Waals surface area contributed by atoms with E-state index in [0.29, 0.717) is 41.1 Å². The molecule has 0 N–H and O–H groups in total. The van der Waals surface area contributed by atoms with E-state index in [1.807, 2.05) is 25.1 Å². The monoisotopic (exact) mass is 348 g/mol. The first-order valence-electron chi connectivity index (χ1n) is 7.44. The van der Waals surface area contributed by atoms with Crippen LogP contribution in [-0.2, 0) is 0 Å². The Morgan fingerprint density at radius 1 is 1.12 bits per heavy atom. The van der Waals surface area contributed by atoms with Gasteiger partial charge >= 0.3 is 6.01 Å². The van der Waals surface area contributed by atoms with Gasteiger partial charge in [0.15, 0.2) is 5.65 Å². The lowest BCUT2D eigenvalue weighted by molar-refractivity contribution is 0.287. The van der Waals surface area contributed by atoms with Crippen LogP contribution in [0.25, 0.3) is 17.0 Å². The maximum atomic E-state index is 6.02. The number of fused-ring (bicyclic) bond motifs is 1. The van der Waals surface area contributed by atoms with Crippen LogP contribution in [0.3, 0.4) is 0 Å². The highest BCUT2D eigenvalue weighted by Crippen LogP contribution is 2.37. The van der Waals surface area contributed by atoms with Crippen LogP contribution in [0.2, 0.25) is 5.15 Å². The van der Waals surface area contributed by atoms with Crippen molar-refractivity contribution in [3.8, 4) is 23.2 Å². The van der Waals surface area contributed by atoms with Gasteiger partial charge in [-0.1, -0.05) is 24.6 Å². The summed E-state index contributed by atoms with van der Waals surface area (Å²) in [5.74, 6) is 1.19. The number of nitrogens with zero attached hydrogens (tertiary/aromatic N) is 4. The Bertz CT molecular complexity index is 844. The number of ether oxygens (including phenoxy) is 3. The molecule has 1 aromatic carbocycles. The molecule has 24 heavy (non-hydrogen) atoms. The third kappa shape index (κ3) is 2.82. The van der Waals surface area contributed by atoms with Gasteiger partial charge in [0.25, 0.3) is 0 Å². The summed E-state index contributed by atoms with van der Waals surface area (Å²) in [5.41, 5.74) is 1.53. The second-order valence-corrected chi connectivity index (χ2v) is 5.32. The van der Waals surface area contributed by atoms with Crippen LogP contribution in [0.1, 0.15) is 13.3 Å². The minimum absolute atomic E-state index is 0.263. The molecular formula is C16H17ClN4O3. The van der Waals surface area contributed by atoms with Crippen LogP contribution >= 0.6 is 11.6 Å². The molecule has 0 fully saturated rings. The van der Waals surface area contributed by atoms with E-state index in [1.165, 1.54) is 6.20 Å². The maximum absolute atomic E-state index is 6.02. The van der Waals surface area contributed by atoms with Gasteiger partial charge in [0, 0.05) is 0 Å². The van der Waals surface area contributed by atoms with Gasteiger partial charge < -0.3 is 14.2 Å². The van der Waals surface area contributed by atoms with E-state index in [4.69, 9.17) is 25.8 Å². The summed E-state index contributed by atoms with van der Waals surface area (Å²) in [6.07, 6.45) is 2.29. The Morgan fingerprint density at radius 3 is 2.46 bits per heavy atom. The van der Waals surface area contributed by atoms with Crippen molar-refractivity contribution in [1.29, 1.82) is 0 Å². The Hall–Kier alpha value is -2.54. The second kappa shape index (κ2) is 6.92. The van der Waals surface area contributed by atoms with E-state index < -0.39 is 0 Å².